The monoisotopic (exact) mass is 261 g/mol. The van der Waals surface area contributed by atoms with Gasteiger partial charge in [-0.3, -0.25) is 0 Å². The molecule has 0 saturated carbocycles. The molecule has 0 spiro atoms. The number of halogens is 1. The highest BCUT2D eigenvalue weighted by atomic mass is 35.5. The molecule has 4 heteroatoms. The highest BCUT2D eigenvalue weighted by Gasteiger charge is 2.26. The molecule has 94 valence electrons. The first kappa shape index (κ1) is 11.8. The van der Waals surface area contributed by atoms with Crippen molar-refractivity contribution in [1.82, 2.24) is 14.9 Å². The van der Waals surface area contributed by atoms with Gasteiger partial charge < -0.3 is 9.88 Å². The van der Waals surface area contributed by atoms with Crippen LogP contribution >= 0.6 is 11.6 Å². The van der Waals surface area contributed by atoms with Crippen molar-refractivity contribution in [3.8, 4) is 0 Å². The summed E-state index contributed by atoms with van der Waals surface area (Å²) in [5.74, 6) is 0. The number of nitrogens with zero attached hydrogens (tertiary/aromatic N) is 2. The van der Waals surface area contributed by atoms with E-state index in [1.807, 2.05) is 24.5 Å². The van der Waals surface area contributed by atoms with Crippen LogP contribution in [0.25, 0.3) is 0 Å². The molecular formula is C14H16ClN3. The van der Waals surface area contributed by atoms with E-state index < -0.39 is 0 Å². The smallest absolute Gasteiger partial charge is 0.0952 e. The van der Waals surface area contributed by atoms with Gasteiger partial charge in [-0.1, -0.05) is 29.8 Å². The number of hydrogen-bond acceptors (Lipinski definition) is 2. The summed E-state index contributed by atoms with van der Waals surface area (Å²) < 4.78 is 2.22. The van der Waals surface area contributed by atoms with Crippen molar-refractivity contribution in [3.63, 3.8) is 0 Å². The SMILES string of the molecule is CCn1cnc2c1CCNC2c1ccccc1Cl. The van der Waals surface area contributed by atoms with Crippen molar-refractivity contribution in [2.45, 2.75) is 25.9 Å². The first-order chi connectivity index (χ1) is 8.81. The third-order valence-electron chi connectivity index (χ3n) is 3.52. The van der Waals surface area contributed by atoms with Gasteiger partial charge in [0, 0.05) is 30.2 Å². The number of hydrogen-bond donors (Lipinski definition) is 1. The molecule has 18 heavy (non-hydrogen) atoms. The van der Waals surface area contributed by atoms with Gasteiger partial charge in [0.15, 0.2) is 0 Å². The topological polar surface area (TPSA) is 29.9 Å². The van der Waals surface area contributed by atoms with Crippen LogP contribution in [0.4, 0.5) is 0 Å². The average Bonchev–Trinajstić information content (AvgIpc) is 2.82. The van der Waals surface area contributed by atoms with E-state index in [2.05, 4.69) is 27.9 Å². The van der Waals surface area contributed by atoms with Gasteiger partial charge in [-0.15, -0.1) is 0 Å². The van der Waals surface area contributed by atoms with E-state index in [1.165, 1.54) is 5.69 Å². The molecule has 0 saturated heterocycles. The maximum atomic E-state index is 6.29. The summed E-state index contributed by atoms with van der Waals surface area (Å²) in [7, 11) is 0. The van der Waals surface area contributed by atoms with Gasteiger partial charge in [0.05, 0.1) is 18.1 Å². The van der Waals surface area contributed by atoms with Crippen LogP contribution in [-0.4, -0.2) is 16.1 Å². The van der Waals surface area contributed by atoms with E-state index in [0.717, 1.165) is 35.8 Å². The van der Waals surface area contributed by atoms with Crippen molar-refractivity contribution in [2.24, 2.45) is 0 Å². The molecule has 0 bridgehead atoms. The third kappa shape index (κ3) is 1.84. The second-order valence-corrected chi connectivity index (χ2v) is 4.93. The standard InChI is InChI=1S/C14H16ClN3/c1-2-18-9-17-14-12(18)7-8-16-13(14)10-5-3-4-6-11(10)15/h3-6,9,13,16H,2,7-8H2,1H3. The first-order valence-corrected chi connectivity index (χ1v) is 6.70. The predicted molar refractivity (Wildman–Crippen MR) is 72.9 cm³/mol. The molecule has 1 aromatic heterocycles. The maximum absolute atomic E-state index is 6.29. The van der Waals surface area contributed by atoms with E-state index in [1.54, 1.807) is 0 Å². The van der Waals surface area contributed by atoms with Gasteiger partial charge in [0.2, 0.25) is 0 Å². The predicted octanol–water partition coefficient (Wildman–Crippen LogP) is 2.79. The van der Waals surface area contributed by atoms with Crippen LogP contribution in [-0.2, 0) is 13.0 Å². The fourth-order valence-corrected chi connectivity index (χ4v) is 2.85. The largest absolute Gasteiger partial charge is 0.334 e. The van der Waals surface area contributed by atoms with Crippen LogP contribution in [0, 0.1) is 0 Å². The lowest BCUT2D eigenvalue weighted by molar-refractivity contribution is 0.538. The van der Waals surface area contributed by atoms with Gasteiger partial charge in [0.25, 0.3) is 0 Å². The van der Waals surface area contributed by atoms with E-state index in [-0.39, 0.29) is 6.04 Å². The number of fused-ring (bicyclic) bond motifs is 1. The quantitative estimate of drug-likeness (QED) is 0.901. The molecule has 1 atom stereocenters. The summed E-state index contributed by atoms with van der Waals surface area (Å²) in [4.78, 5) is 4.57. The lowest BCUT2D eigenvalue weighted by Gasteiger charge is -2.25. The zero-order chi connectivity index (χ0) is 12.5. The van der Waals surface area contributed by atoms with Gasteiger partial charge >= 0.3 is 0 Å². The number of imidazole rings is 1. The summed E-state index contributed by atoms with van der Waals surface area (Å²) in [5, 5.41) is 4.31. The second-order valence-electron chi connectivity index (χ2n) is 4.52. The highest BCUT2D eigenvalue weighted by molar-refractivity contribution is 6.31. The molecule has 1 unspecified atom stereocenters. The number of rotatable bonds is 2. The minimum Gasteiger partial charge on any atom is -0.334 e. The Morgan fingerprint density at radius 1 is 1.44 bits per heavy atom. The second kappa shape index (κ2) is 4.75. The highest BCUT2D eigenvalue weighted by Crippen LogP contribution is 2.31. The normalized spacial score (nSPS) is 18.7. The summed E-state index contributed by atoms with van der Waals surface area (Å²) in [6.45, 7) is 4.08. The van der Waals surface area contributed by atoms with Crippen molar-refractivity contribution < 1.29 is 0 Å². The lowest BCUT2D eigenvalue weighted by Crippen LogP contribution is -2.31. The fourth-order valence-electron chi connectivity index (χ4n) is 2.61. The van der Waals surface area contributed by atoms with Gasteiger partial charge in [-0.05, 0) is 18.6 Å². The Balaban J connectivity index is 2.07. The van der Waals surface area contributed by atoms with Crippen LogP contribution in [0.3, 0.4) is 0 Å². The van der Waals surface area contributed by atoms with E-state index in [9.17, 15) is 0 Å². The van der Waals surface area contributed by atoms with E-state index in [4.69, 9.17) is 11.6 Å². The molecule has 0 amide bonds. The number of aryl methyl sites for hydroxylation is 1. The lowest BCUT2D eigenvalue weighted by atomic mass is 9.98. The van der Waals surface area contributed by atoms with Gasteiger partial charge in [-0.2, -0.15) is 0 Å². The Bertz CT molecular complexity index is 562. The average molecular weight is 262 g/mol. The van der Waals surface area contributed by atoms with Crippen LogP contribution in [0.2, 0.25) is 5.02 Å². The molecule has 0 radical (unpaired) electrons. The molecule has 0 aliphatic carbocycles. The Labute approximate surface area is 112 Å². The maximum Gasteiger partial charge on any atom is 0.0952 e. The van der Waals surface area contributed by atoms with Crippen molar-refractivity contribution in [1.29, 1.82) is 0 Å². The van der Waals surface area contributed by atoms with E-state index >= 15 is 0 Å². The van der Waals surface area contributed by atoms with Gasteiger partial charge in [0.1, 0.15) is 0 Å². The minimum absolute atomic E-state index is 0.121. The van der Waals surface area contributed by atoms with Crippen LogP contribution in [0.1, 0.15) is 29.9 Å². The zero-order valence-corrected chi connectivity index (χ0v) is 11.1. The van der Waals surface area contributed by atoms with Gasteiger partial charge in [-0.25, -0.2) is 4.98 Å². The Hall–Kier alpha value is -1.32. The summed E-state index contributed by atoms with van der Waals surface area (Å²) in [6.07, 6.45) is 2.96. The molecule has 2 heterocycles. The zero-order valence-electron chi connectivity index (χ0n) is 10.4. The minimum atomic E-state index is 0.121. The van der Waals surface area contributed by atoms with Crippen LogP contribution in [0.15, 0.2) is 30.6 Å². The summed E-state index contributed by atoms with van der Waals surface area (Å²) in [5.41, 5.74) is 3.57. The molecule has 3 nitrogen and oxygen atoms in total. The Morgan fingerprint density at radius 3 is 3.06 bits per heavy atom. The van der Waals surface area contributed by atoms with Crippen molar-refractivity contribution in [3.05, 3.63) is 52.6 Å². The molecule has 2 aromatic rings. The van der Waals surface area contributed by atoms with Crippen LogP contribution < -0.4 is 5.32 Å². The Morgan fingerprint density at radius 2 is 2.28 bits per heavy atom. The first-order valence-electron chi connectivity index (χ1n) is 6.33. The van der Waals surface area contributed by atoms with Crippen molar-refractivity contribution in [2.75, 3.05) is 6.54 Å². The van der Waals surface area contributed by atoms with E-state index in [0.29, 0.717) is 0 Å². The molecule has 1 aliphatic rings. The molecule has 1 N–H and O–H groups in total. The fraction of sp³-hybridized carbons (Fsp3) is 0.357. The number of nitrogens with one attached hydrogen (secondary N) is 1. The number of aromatic nitrogens is 2. The summed E-state index contributed by atoms with van der Waals surface area (Å²) >= 11 is 6.29. The molecule has 1 aliphatic heterocycles. The summed E-state index contributed by atoms with van der Waals surface area (Å²) in [6, 6.07) is 8.10. The molecule has 0 fully saturated rings. The third-order valence-corrected chi connectivity index (χ3v) is 3.86. The van der Waals surface area contributed by atoms with Crippen molar-refractivity contribution >= 4 is 11.6 Å². The molecule has 1 aromatic carbocycles. The molecular weight excluding hydrogens is 246 g/mol. The molecule has 3 rings (SSSR count). The Kier molecular flexibility index (Phi) is 3.10. The number of benzene rings is 1. The van der Waals surface area contributed by atoms with Crippen LogP contribution in [0.5, 0.6) is 0 Å².